The van der Waals surface area contributed by atoms with E-state index in [2.05, 4.69) is 45.1 Å². The van der Waals surface area contributed by atoms with Gasteiger partial charge in [-0.25, -0.2) is 0 Å². The molecule has 15 heavy (non-hydrogen) atoms. The molecular formula is C12H23N3. The molecule has 0 bridgehead atoms. The highest BCUT2D eigenvalue weighted by atomic mass is 15.3. The maximum Gasteiger partial charge on any atom is 0.0642 e. The molecule has 1 aromatic rings. The fourth-order valence-electron chi connectivity index (χ4n) is 1.44. The molecule has 1 rings (SSSR count). The Morgan fingerprint density at radius 2 is 2.20 bits per heavy atom. The Balaban J connectivity index is 2.68. The average Bonchev–Trinajstić information content (AvgIpc) is 2.64. The van der Waals surface area contributed by atoms with Gasteiger partial charge in [-0.15, -0.1) is 0 Å². The fourth-order valence-corrected chi connectivity index (χ4v) is 1.44. The van der Waals surface area contributed by atoms with Crippen molar-refractivity contribution in [3.63, 3.8) is 0 Å². The number of hydrogen-bond donors (Lipinski definition) is 1. The third-order valence-electron chi connectivity index (χ3n) is 3.10. The summed E-state index contributed by atoms with van der Waals surface area (Å²) < 4.78 is 2.03. The van der Waals surface area contributed by atoms with Gasteiger partial charge in [0.15, 0.2) is 0 Å². The fraction of sp³-hybridized carbons (Fsp3) is 0.750. The van der Waals surface area contributed by atoms with Gasteiger partial charge in [0.25, 0.3) is 0 Å². The highest BCUT2D eigenvalue weighted by Gasteiger charge is 2.18. The summed E-state index contributed by atoms with van der Waals surface area (Å²) in [5.41, 5.74) is 7.09. The minimum Gasteiger partial charge on any atom is -0.325 e. The highest BCUT2D eigenvalue weighted by Crippen LogP contribution is 2.14. The van der Waals surface area contributed by atoms with Gasteiger partial charge < -0.3 is 5.73 Å². The lowest BCUT2D eigenvalue weighted by atomic mass is 9.94. The number of nitrogens with zero attached hydrogens (tertiary/aromatic N) is 2. The summed E-state index contributed by atoms with van der Waals surface area (Å²) in [6.45, 7) is 8.55. The molecule has 86 valence electrons. The van der Waals surface area contributed by atoms with Crippen molar-refractivity contribution < 1.29 is 0 Å². The molecule has 2 N–H and O–H groups in total. The van der Waals surface area contributed by atoms with Gasteiger partial charge in [0, 0.05) is 24.2 Å². The normalized spacial score (nSPS) is 17.4. The van der Waals surface area contributed by atoms with Gasteiger partial charge in [-0.3, -0.25) is 4.68 Å². The molecule has 2 atom stereocenters. The summed E-state index contributed by atoms with van der Waals surface area (Å²) in [7, 11) is 0. The van der Waals surface area contributed by atoms with Crippen molar-refractivity contribution in [2.24, 2.45) is 5.73 Å². The SMILES string of the molecule is CCC(C)n1ccc(CC(C)(N)CC)n1. The summed E-state index contributed by atoms with van der Waals surface area (Å²) in [4.78, 5) is 0. The van der Waals surface area contributed by atoms with E-state index in [0.29, 0.717) is 6.04 Å². The van der Waals surface area contributed by atoms with Crippen LogP contribution in [0.4, 0.5) is 0 Å². The molecule has 0 amide bonds. The molecule has 0 saturated heterocycles. The van der Waals surface area contributed by atoms with E-state index in [1.54, 1.807) is 0 Å². The molecule has 0 aliphatic rings. The van der Waals surface area contributed by atoms with Crippen LogP contribution in [-0.4, -0.2) is 15.3 Å². The summed E-state index contributed by atoms with van der Waals surface area (Å²) >= 11 is 0. The molecule has 1 heterocycles. The van der Waals surface area contributed by atoms with Crippen LogP contribution in [0.2, 0.25) is 0 Å². The molecule has 0 fully saturated rings. The number of nitrogens with two attached hydrogens (primary N) is 1. The van der Waals surface area contributed by atoms with E-state index in [0.717, 1.165) is 25.0 Å². The summed E-state index contributed by atoms with van der Waals surface area (Å²) in [6, 6.07) is 2.55. The van der Waals surface area contributed by atoms with Crippen molar-refractivity contribution in [1.29, 1.82) is 0 Å². The van der Waals surface area contributed by atoms with E-state index < -0.39 is 0 Å². The Labute approximate surface area is 92.7 Å². The van der Waals surface area contributed by atoms with Gasteiger partial charge in [-0.05, 0) is 32.8 Å². The maximum atomic E-state index is 6.12. The first-order valence-electron chi connectivity index (χ1n) is 5.81. The monoisotopic (exact) mass is 209 g/mol. The summed E-state index contributed by atoms with van der Waals surface area (Å²) in [6.07, 6.45) is 4.99. The molecule has 3 heteroatoms. The Kier molecular flexibility index (Phi) is 3.91. The van der Waals surface area contributed by atoms with Crippen molar-refractivity contribution in [1.82, 2.24) is 9.78 Å². The second kappa shape index (κ2) is 4.79. The molecule has 0 aliphatic heterocycles. The molecular weight excluding hydrogens is 186 g/mol. The van der Waals surface area contributed by atoms with Crippen molar-refractivity contribution in [3.8, 4) is 0 Å². The number of rotatable bonds is 5. The van der Waals surface area contributed by atoms with E-state index >= 15 is 0 Å². The van der Waals surface area contributed by atoms with Crippen molar-refractivity contribution in [3.05, 3.63) is 18.0 Å². The molecule has 1 aromatic heterocycles. The Bertz CT molecular complexity index is 302. The smallest absolute Gasteiger partial charge is 0.0642 e. The van der Waals surface area contributed by atoms with Crippen LogP contribution in [0.25, 0.3) is 0 Å². The van der Waals surface area contributed by atoms with Crippen LogP contribution in [0.5, 0.6) is 0 Å². The third kappa shape index (κ3) is 3.34. The standard InChI is InChI=1S/C12H23N3/c1-5-10(3)15-8-7-11(14-15)9-12(4,13)6-2/h7-8,10H,5-6,9,13H2,1-4H3. The van der Waals surface area contributed by atoms with Gasteiger partial charge >= 0.3 is 0 Å². The zero-order valence-corrected chi connectivity index (χ0v) is 10.3. The van der Waals surface area contributed by atoms with Crippen molar-refractivity contribution in [2.75, 3.05) is 0 Å². The van der Waals surface area contributed by atoms with Crippen LogP contribution in [0, 0.1) is 0 Å². The van der Waals surface area contributed by atoms with E-state index in [1.807, 2.05) is 4.68 Å². The van der Waals surface area contributed by atoms with E-state index in [1.165, 1.54) is 0 Å². The molecule has 0 spiro atoms. The third-order valence-corrected chi connectivity index (χ3v) is 3.10. The zero-order chi connectivity index (χ0) is 11.5. The highest BCUT2D eigenvalue weighted by molar-refractivity contribution is 5.04. The number of aromatic nitrogens is 2. The van der Waals surface area contributed by atoms with Crippen LogP contribution < -0.4 is 5.73 Å². The average molecular weight is 209 g/mol. The van der Waals surface area contributed by atoms with Crippen molar-refractivity contribution in [2.45, 2.75) is 58.5 Å². The maximum absolute atomic E-state index is 6.12. The lowest BCUT2D eigenvalue weighted by Gasteiger charge is -2.21. The van der Waals surface area contributed by atoms with Gasteiger partial charge in [0.2, 0.25) is 0 Å². The van der Waals surface area contributed by atoms with Crippen LogP contribution in [0.1, 0.15) is 52.3 Å². The number of hydrogen-bond acceptors (Lipinski definition) is 2. The van der Waals surface area contributed by atoms with Gasteiger partial charge in [-0.2, -0.15) is 5.10 Å². The molecule has 0 aromatic carbocycles. The second-order valence-electron chi connectivity index (χ2n) is 4.73. The Hall–Kier alpha value is -0.830. The zero-order valence-electron chi connectivity index (χ0n) is 10.3. The molecule has 2 unspecified atom stereocenters. The predicted octanol–water partition coefficient (Wildman–Crippen LogP) is 2.52. The first-order valence-corrected chi connectivity index (χ1v) is 5.81. The van der Waals surface area contributed by atoms with Crippen LogP contribution in [-0.2, 0) is 6.42 Å². The van der Waals surface area contributed by atoms with Crippen LogP contribution >= 0.6 is 0 Å². The largest absolute Gasteiger partial charge is 0.325 e. The molecule has 0 aliphatic carbocycles. The molecule has 3 nitrogen and oxygen atoms in total. The Morgan fingerprint density at radius 1 is 1.53 bits per heavy atom. The van der Waals surface area contributed by atoms with Gasteiger partial charge in [0.05, 0.1) is 5.69 Å². The van der Waals surface area contributed by atoms with Crippen molar-refractivity contribution >= 4 is 0 Å². The lowest BCUT2D eigenvalue weighted by Crippen LogP contribution is -2.37. The molecule has 0 radical (unpaired) electrons. The Morgan fingerprint density at radius 3 is 2.73 bits per heavy atom. The summed E-state index contributed by atoms with van der Waals surface area (Å²) in [5.74, 6) is 0. The second-order valence-corrected chi connectivity index (χ2v) is 4.73. The minimum absolute atomic E-state index is 0.130. The minimum atomic E-state index is -0.130. The van der Waals surface area contributed by atoms with E-state index in [9.17, 15) is 0 Å². The first kappa shape index (κ1) is 12.2. The predicted molar refractivity (Wildman–Crippen MR) is 63.8 cm³/mol. The van der Waals surface area contributed by atoms with E-state index in [4.69, 9.17) is 5.73 Å². The van der Waals surface area contributed by atoms with Crippen LogP contribution in [0.15, 0.2) is 12.3 Å². The summed E-state index contributed by atoms with van der Waals surface area (Å²) in [5, 5.41) is 4.55. The van der Waals surface area contributed by atoms with E-state index in [-0.39, 0.29) is 5.54 Å². The lowest BCUT2D eigenvalue weighted by molar-refractivity contribution is 0.431. The quantitative estimate of drug-likeness (QED) is 0.809. The van der Waals surface area contributed by atoms with Gasteiger partial charge in [-0.1, -0.05) is 13.8 Å². The topological polar surface area (TPSA) is 43.8 Å². The van der Waals surface area contributed by atoms with Crippen LogP contribution in [0.3, 0.4) is 0 Å². The first-order chi connectivity index (χ1) is 6.98. The molecule has 0 saturated carbocycles. The van der Waals surface area contributed by atoms with Gasteiger partial charge in [0.1, 0.15) is 0 Å².